The van der Waals surface area contributed by atoms with Gasteiger partial charge in [-0.05, 0) is 25.1 Å². The van der Waals surface area contributed by atoms with Crippen LogP contribution in [0.4, 0.5) is 13.2 Å². The van der Waals surface area contributed by atoms with Crippen molar-refractivity contribution in [3.05, 3.63) is 40.9 Å². The third-order valence-electron chi connectivity index (χ3n) is 2.20. The zero-order valence-electron chi connectivity index (χ0n) is 9.60. The minimum absolute atomic E-state index is 0.210. The summed E-state index contributed by atoms with van der Waals surface area (Å²) in [7, 11) is -3.80. The number of alkyl halides is 3. The lowest BCUT2D eigenvalue weighted by atomic mass is 10.2. The molecule has 1 heterocycles. The van der Waals surface area contributed by atoms with Crippen molar-refractivity contribution in [2.75, 3.05) is 0 Å². The van der Waals surface area contributed by atoms with Crippen molar-refractivity contribution in [2.45, 2.75) is 13.1 Å². The van der Waals surface area contributed by atoms with Crippen LogP contribution in [-0.2, 0) is 16.0 Å². The molecule has 0 aromatic heterocycles. The van der Waals surface area contributed by atoms with Crippen LogP contribution in [0.3, 0.4) is 0 Å². The molecule has 8 heteroatoms. The molecule has 0 amide bonds. The molecule has 1 aromatic rings. The Labute approximate surface area is 107 Å². The number of nitrogens with zero attached hydrogens (tertiary/aromatic N) is 1. The fourth-order valence-corrected chi connectivity index (χ4v) is 2.51. The first kappa shape index (κ1) is 13.6. The summed E-state index contributed by atoms with van der Waals surface area (Å²) >= 11 is 0. The standard InChI is InChI=1S/C11H8F3NO3S/c1-7-6-19(16,17)10(15-7)18-9-4-2-3-8(5-9)11(12,13)14/h2-6H,1H3. The molecule has 0 bridgehead atoms. The van der Waals surface area contributed by atoms with Gasteiger partial charge in [-0.25, -0.2) is 13.4 Å². The number of benzene rings is 1. The number of hydrogen-bond donors (Lipinski definition) is 0. The molecule has 0 radical (unpaired) electrons. The predicted molar refractivity (Wildman–Crippen MR) is 62.2 cm³/mol. The van der Waals surface area contributed by atoms with Crippen LogP contribution in [0.25, 0.3) is 0 Å². The highest BCUT2D eigenvalue weighted by molar-refractivity contribution is 8.08. The van der Waals surface area contributed by atoms with Gasteiger partial charge in [-0.1, -0.05) is 6.07 Å². The maximum Gasteiger partial charge on any atom is 0.416 e. The van der Waals surface area contributed by atoms with Crippen LogP contribution in [0.1, 0.15) is 12.5 Å². The van der Waals surface area contributed by atoms with E-state index in [4.69, 9.17) is 4.74 Å². The van der Waals surface area contributed by atoms with Gasteiger partial charge < -0.3 is 4.74 Å². The van der Waals surface area contributed by atoms with E-state index in [0.29, 0.717) is 6.07 Å². The SMILES string of the molecule is CC1=CS(=O)(=O)C(Oc2cccc(C(F)(F)F)c2)=N1. The number of aliphatic imine (C=N–C) groups is 1. The summed E-state index contributed by atoms with van der Waals surface area (Å²) in [6.45, 7) is 1.44. The lowest BCUT2D eigenvalue weighted by molar-refractivity contribution is -0.137. The number of ether oxygens (including phenoxy) is 1. The van der Waals surface area contributed by atoms with E-state index in [0.717, 1.165) is 17.5 Å². The molecule has 0 spiro atoms. The molecule has 0 saturated carbocycles. The summed E-state index contributed by atoms with van der Waals surface area (Å²) in [5, 5.41) is 0.264. The van der Waals surface area contributed by atoms with Crippen LogP contribution in [0.2, 0.25) is 0 Å². The molecule has 0 N–H and O–H groups in total. The molecule has 0 fully saturated rings. The third-order valence-corrected chi connectivity index (χ3v) is 3.52. The quantitative estimate of drug-likeness (QED) is 0.799. The fourth-order valence-electron chi connectivity index (χ4n) is 1.43. The van der Waals surface area contributed by atoms with E-state index in [9.17, 15) is 21.6 Å². The zero-order valence-corrected chi connectivity index (χ0v) is 10.4. The first-order chi connectivity index (χ1) is 8.68. The molecule has 19 heavy (non-hydrogen) atoms. The maximum atomic E-state index is 12.5. The number of halogens is 3. The molecule has 1 aliphatic rings. The first-order valence-electron chi connectivity index (χ1n) is 5.06. The molecular formula is C11H8F3NO3S. The molecule has 1 aromatic carbocycles. The predicted octanol–water partition coefficient (Wildman–Crippen LogP) is 2.73. The lowest BCUT2D eigenvalue weighted by Crippen LogP contribution is -2.16. The van der Waals surface area contributed by atoms with Crippen molar-refractivity contribution in [3.63, 3.8) is 0 Å². The van der Waals surface area contributed by atoms with E-state index in [1.54, 1.807) is 0 Å². The average Bonchev–Trinajstić information content (AvgIpc) is 2.51. The van der Waals surface area contributed by atoms with E-state index in [1.807, 2.05) is 0 Å². The zero-order chi connectivity index (χ0) is 14.3. The van der Waals surface area contributed by atoms with Gasteiger partial charge >= 0.3 is 11.4 Å². The topological polar surface area (TPSA) is 55.7 Å². The molecule has 0 unspecified atom stereocenters. The second-order valence-corrected chi connectivity index (χ2v) is 5.48. The highest BCUT2D eigenvalue weighted by atomic mass is 32.2. The second kappa shape index (κ2) is 4.37. The van der Waals surface area contributed by atoms with Gasteiger partial charge in [-0.15, -0.1) is 0 Å². The Morgan fingerprint density at radius 2 is 1.95 bits per heavy atom. The van der Waals surface area contributed by atoms with E-state index in [2.05, 4.69) is 4.99 Å². The van der Waals surface area contributed by atoms with Gasteiger partial charge in [0, 0.05) is 0 Å². The van der Waals surface area contributed by atoms with Crippen LogP contribution < -0.4 is 4.74 Å². The van der Waals surface area contributed by atoms with Gasteiger partial charge in [0.2, 0.25) is 0 Å². The average molecular weight is 291 g/mol. The van der Waals surface area contributed by atoms with Gasteiger partial charge in [0.25, 0.3) is 9.84 Å². The van der Waals surface area contributed by atoms with Crippen molar-refractivity contribution >= 4 is 15.1 Å². The van der Waals surface area contributed by atoms with Crippen molar-refractivity contribution in [3.8, 4) is 5.75 Å². The summed E-state index contributed by atoms with van der Waals surface area (Å²) in [5.74, 6) is -0.236. The summed E-state index contributed by atoms with van der Waals surface area (Å²) in [4.78, 5) is 3.61. The Hall–Kier alpha value is -1.83. The maximum absolute atomic E-state index is 12.5. The minimum atomic E-state index is -4.52. The first-order valence-corrected chi connectivity index (χ1v) is 6.60. The van der Waals surface area contributed by atoms with Crippen molar-refractivity contribution in [2.24, 2.45) is 4.99 Å². The Kier molecular flexibility index (Phi) is 3.13. The molecule has 0 atom stereocenters. The minimum Gasteiger partial charge on any atom is -0.430 e. The monoisotopic (exact) mass is 291 g/mol. The van der Waals surface area contributed by atoms with Crippen LogP contribution in [0, 0.1) is 0 Å². The van der Waals surface area contributed by atoms with Crippen molar-refractivity contribution in [1.82, 2.24) is 0 Å². The molecular weight excluding hydrogens is 283 g/mol. The normalized spacial score (nSPS) is 17.9. The van der Waals surface area contributed by atoms with Gasteiger partial charge in [-0.2, -0.15) is 13.2 Å². The summed E-state index contributed by atoms with van der Waals surface area (Å²) in [6, 6.07) is 3.93. The molecule has 102 valence electrons. The Balaban J connectivity index is 2.30. The van der Waals surface area contributed by atoms with Crippen LogP contribution >= 0.6 is 0 Å². The van der Waals surface area contributed by atoms with Crippen LogP contribution in [-0.4, -0.2) is 13.6 Å². The lowest BCUT2D eigenvalue weighted by Gasteiger charge is -2.09. The van der Waals surface area contributed by atoms with Crippen molar-refractivity contribution in [1.29, 1.82) is 0 Å². The number of hydrogen-bond acceptors (Lipinski definition) is 4. The summed E-state index contributed by atoms with van der Waals surface area (Å²) < 4.78 is 65.4. The number of allylic oxidation sites excluding steroid dienone is 1. The highest BCUT2D eigenvalue weighted by Crippen LogP contribution is 2.31. The summed E-state index contributed by atoms with van der Waals surface area (Å²) in [5.41, 5.74) is -0.715. The third kappa shape index (κ3) is 2.95. The molecule has 4 nitrogen and oxygen atoms in total. The van der Waals surface area contributed by atoms with Gasteiger partial charge in [0.05, 0.1) is 16.7 Å². The highest BCUT2D eigenvalue weighted by Gasteiger charge is 2.31. The molecule has 1 aliphatic heterocycles. The molecule has 2 rings (SSSR count). The van der Waals surface area contributed by atoms with E-state index in [-0.39, 0.29) is 11.4 Å². The Morgan fingerprint density at radius 1 is 1.26 bits per heavy atom. The summed E-state index contributed by atoms with van der Waals surface area (Å²) in [6.07, 6.45) is -4.52. The van der Waals surface area contributed by atoms with Crippen LogP contribution in [0.15, 0.2) is 40.4 Å². The van der Waals surface area contributed by atoms with E-state index < -0.39 is 26.8 Å². The van der Waals surface area contributed by atoms with Crippen molar-refractivity contribution < 1.29 is 26.3 Å². The van der Waals surface area contributed by atoms with E-state index in [1.165, 1.54) is 13.0 Å². The van der Waals surface area contributed by atoms with E-state index >= 15 is 0 Å². The van der Waals surface area contributed by atoms with Crippen LogP contribution in [0.5, 0.6) is 5.75 Å². The Bertz CT molecular complexity index is 675. The number of sulfone groups is 1. The number of rotatable bonds is 1. The largest absolute Gasteiger partial charge is 0.430 e. The fraction of sp³-hybridized carbons (Fsp3) is 0.182. The van der Waals surface area contributed by atoms with Gasteiger partial charge in [0.15, 0.2) is 0 Å². The smallest absolute Gasteiger partial charge is 0.416 e. The second-order valence-electron chi connectivity index (χ2n) is 3.81. The van der Waals surface area contributed by atoms with Gasteiger partial charge in [0.1, 0.15) is 5.75 Å². The molecule has 0 aliphatic carbocycles. The Morgan fingerprint density at radius 3 is 2.47 bits per heavy atom. The van der Waals surface area contributed by atoms with Gasteiger partial charge in [-0.3, -0.25) is 0 Å². The molecule has 0 saturated heterocycles.